The maximum absolute atomic E-state index is 12.4. The third kappa shape index (κ3) is 5.07. The summed E-state index contributed by atoms with van der Waals surface area (Å²) in [5.41, 5.74) is 2.55. The van der Waals surface area contributed by atoms with Gasteiger partial charge >= 0.3 is 0 Å². The van der Waals surface area contributed by atoms with Crippen LogP contribution in [0.3, 0.4) is 0 Å². The SMILES string of the molecule is CCc1ccccc1NC(=O)c1ccnc(NCCCOC)c1. The minimum atomic E-state index is -0.131. The third-order valence-corrected chi connectivity index (χ3v) is 3.50. The summed E-state index contributed by atoms with van der Waals surface area (Å²) in [6.07, 6.45) is 3.40. The molecule has 23 heavy (non-hydrogen) atoms. The molecule has 0 saturated carbocycles. The molecule has 0 fully saturated rings. The van der Waals surface area contributed by atoms with Gasteiger partial charge in [-0.1, -0.05) is 25.1 Å². The van der Waals surface area contributed by atoms with Crippen LogP contribution in [0.4, 0.5) is 11.5 Å². The number of carbonyl (C=O) groups excluding carboxylic acids is 1. The van der Waals surface area contributed by atoms with Crippen molar-refractivity contribution in [1.82, 2.24) is 4.98 Å². The van der Waals surface area contributed by atoms with Gasteiger partial charge in [0.1, 0.15) is 5.82 Å². The molecule has 5 heteroatoms. The molecule has 1 aromatic carbocycles. The summed E-state index contributed by atoms with van der Waals surface area (Å²) in [7, 11) is 1.68. The Kier molecular flexibility index (Phi) is 6.56. The van der Waals surface area contributed by atoms with Crippen LogP contribution in [0.15, 0.2) is 42.6 Å². The molecule has 122 valence electrons. The number of aryl methyl sites for hydroxylation is 1. The van der Waals surface area contributed by atoms with Crippen molar-refractivity contribution in [3.8, 4) is 0 Å². The minimum absolute atomic E-state index is 0.131. The second kappa shape index (κ2) is 8.90. The molecule has 0 atom stereocenters. The molecule has 0 aliphatic heterocycles. The first kappa shape index (κ1) is 17.0. The van der Waals surface area contributed by atoms with Gasteiger partial charge in [0.05, 0.1) is 0 Å². The lowest BCUT2D eigenvalue weighted by atomic mass is 10.1. The number of rotatable bonds is 8. The Labute approximate surface area is 137 Å². The van der Waals surface area contributed by atoms with Gasteiger partial charge in [-0.15, -0.1) is 0 Å². The Hall–Kier alpha value is -2.40. The molecular weight excluding hydrogens is 290 g/mol. The fourth-order valence-corrected chi connectivity index (χ4v) is 2.25. The number of methoxy groups -OCH3 is 1. The summed E-state index contributed by atoms with van der Waals surface area (Å²) in [5, 5.41) is 6.16. The number of carbonyl (C=O) groups is 1. The van der Waals surface area contributed by atoms with Crippen molar-refractivity contribution in [2.24, 2.45) is 0 Å². The van der Waals surface area contributed by atoms with E-state index in [1.807, 2.05) is 24.3 Å². The van der Waals surface area contributed by atoms with E-state index in [-0.39, 0.29) is 5.91 Å². The predicted octanol–water partition coefficient (Wildman–Crippen LogP) is 3.34. The van der Waals surface area contributed by atoms with Crippen LogP contribution >= 0.6 is 0 Å². The Balaban J connectivity index is 2.02. The molecule has 1 heterocycles. The molecule has 0 radical (unpaired) electrons. The monoisotopic (exact) mass is 313 g/mol. The highest BCUT2D eigenvalue weighted by atomic mass is 16.5. The molecule has 2 N–H and O–H groups in total. The molecule has 5 nitrogen and oxygen atoms in total. The molecule has 0 unspecified atom stereocenters. The zero-order chi connectivity index (χ0) is 16.5. The summed E-state index contributed by atoms with van der Waals surface area (Å²) in [6, 6.07) is 11.3. The second-order valence-corrected chi connectivity index (χ2v) is 5.17. The largest absolute Gasteiger partial charge is 0.385 e. The van der Waals surface area contributed by atoms with Crippen molar-refractivity contribution < 1.29 is 9.53 Å². The molecule has 1 amide bonds. The summed E-state index contributed by atoms with van der Waals surface area (Å²) in [5.74, 6) is 0.561. The number of hydrogen-bond acceptors (Lipinski definition) is 4. The van der Waals surface area contributed by atoms with E-state index >= 15 is 0 Å². The van der Waals surface area contributed by atoms with Gasteiger partial charge in [0.2, 0.25) is 0 Å². The highest BCUT2D eigenvalue weighted by Crippen LogP contribution is 2.17. The van der Waals surface area contributed by atoms with Gasteiger partial charge in [0.15, 0.2) is 0 Å². The predicted molar refractivity (Wildman–Crippen MR) is 93.0 cm³/mol. The van der Waals surface area contributed by atoms with Crippen molar-refractivity contribution in [3.63, 3.8) is 0 Å². The average Bonchev–Trinajstić information content (AvgIpc) is 2.59. The van der Waals surface area contributed by atoms with Crippen molar-refractivity contribution in [2.45, 2.75) is 19.8 Å². The number of ether oxygens (including phenoxy) is 1. The lowest BCUT2D eigenvalue weighted by molar-refractivity contribution is 0.102. The zero-order valence-electron chi connectivity index (χ0n) is 13.6. The molecule has 2 aromatic rings. The molecule has 0 aliphatic rings. The van der Waals surface area contributed by atoms with E-state index in [1.54, 1.807) is 25.4 Å². The Bertz CT molecular complexity index is 644. The van der Waals surface area contributed by atoms with E-state index in [0.29, 0.717) is 18.0 Å². The highest BCUT2D eigenvalue weighted by Gasteiger charge is 2.09. The molecule has 0 spiro atoms. The standard InChI is InChI=1S/C18H23N3O2/c1-3-14-7-4-5-8-16(14)21-18(22)15-9-11-20-17(13-15)19-10-6-12-23-2/h4-5,7-9,11,13H,3,6,10,12H2,1-2H3,(H,19,20)(H,21,22). The zero-order valence-corrected chi connectivity index (χ0v) is 13.6. The summed E-state index contributed by atoms with van der Waals surface area (Å²) < 4.78 is 5.01. The van der Waals surface area contributed by atoms with Crippen molar-refractivity contribution >= 4 is 17.4 Å². The Morgan fingerprint density at radius 3 is 2.87 bits per heavy atom. The number of nitrogens with zero attached hydrogens (tertiary/aromatic N) is 1. The smallest absolute Gasteiger partial charge is 0.255 e. The quantitative estimate of drug-likeness (QED) is 0.734. The minimum Gasteiger partial charge on any atom is -0.385 e. The van der Waals surface area contributed by atoms with Crippen LogP contribution in [-0.4, -0.2) is 31.2 Å². The first-order valence-electron chi connectivity index (χ1n) is 7.82. The van der Waals surface area contributed by atoms with Gasteiger partial charge in [-0.25, -0.2) is 4.98 Å². The molecule has 0 aliphatic carbocycles. The van der Waals surface area contributed by atoms with Crippen LogP contribution < -0.4 is 10.6 Å². The van der Waals surface area contributed by atoms with Crippen molar-refractivity contribution in [2.75, 3.05) is 30.9 Å². The maximum atomic E-state index is 12.4. The van der Waals surface area contributed by atoms with Crippen LogP contribution in [0.5, 0.6) is 0 Å². The van der Waals surface area contributed by atoms with Crippen molar-refractivity contribution in [1.29, 1.82) is 0 Å². The van der Waals surface area contributed by atoms with E-state index in [0.717, 1.165) is 30.6 Å². The van der Waals surface area contributed by atoms with Gasteiger partial charge in [-0.2, -0.15) is 0 Å². The number of hydrogen-bond donors (Lipinski definition) is 2. The highest BCUT2D eigenvalue weighted by molar-refractivity contribution is 6.05. The van der Waals surface area contributed by atoms with E-state index in [1.165, 1.54) is 0 Å². The van der Waals surface area contributed by atoms with Crippen LogP contribution in [-0.2, 0) is 11.2 Å². The van der Waals surface area contributed by atoms with E-state index in [2.05, 4.69) is 22.5 Å². The summed E-state index contributed by atoms with van der Waals surface area (Å²) >= 11 is 0. The molecule has 1 aromatic heterocycles. The van der Waals surface area contributed by atoms with Gasteiger partial charge in [0, 0.05) is 37.7 Å². The van der Waals surface area contributed by atoms with E-state index in [9.17, 15) is 4.79 Å². The lowest BCUT2D eigenvalue weighted by Crippen LogP contribution is -2.14. The van der Waals surface area contributed by atoms with Gasteiger partial charge < -0.3 is 15.4 Å². The fraction of sp³-hybridized carbons (Fsp3) is 0.333. The number of nitrogens with one attached hydrogen (secondary N) is 2. The van der Waals surface area contributed by atoms with E-state index in [4.69, 9.17) is 4.74 Å². The van der Waals surface area contributed by atoms with Crippen LogP contribution in [0.2, 0.25) is 0 Å². The molecular formula is C18H23N3O2. The Morgan fingerprint density at radius 1 is 1.26 bits per heavy atom. The summed E-state index contributed by atoms with van der Waals surface area (Å²) in [6.45, 7) is 3.52. The van der Waals surface area contributed by atoms with Gasteiger partial charge in [-0.05, 0) is 36.6 Å². The third-order valence-electron chi connectivity index (χ3n) is 3.50. The number of pyridine rings is 1. The number of aromatic nitrogens is 1. The number of para-hydroxylation sites is 1. The van der Waals surface area contributed by atoms with Gasteiger partial charge in [0.25, 0.3) is 5.91 Å². The number of amides is 1. The first-order chi connectivity index (χ1) is 11.2. The Morgan fingerprint density at radius 2 is 2.09 bits per heavy atom. The second-order valence-electron chi connectivity index (χ2n) is 5.17. The molecule has 2 rings (SSSR count). The van der Waals surface area contributed by atoms with Crippen LogP contribution in [0.25, 0.3) is 0 Å². The van der Waals surface area contributed by atoms with Gasteiger partial charge in [-0.3, -0.25) is 4.79 Å². The average molecular weight is 313 g/mol. The van der Waals surface area contributed by atoms with Crippen molar-refractivity contribution in [3.05, 3.63) is 53.7 Å². The number of anilines is 2. The fourth-order valence-electron chi connectivity index (χ4n) is 2.25. The maximum Gasteiger partial charge on any atom is 0.255 e. The molecule has 0 saturated heterocycles. The normalized spacial score (nSPS) is 10.3. The first-order valence-corrected chi connectivity index (χ1v) is 7.82. The summed E-state index contributed by atoms with van der Waals surface area (Å²) in [4.78, 5) is 16.7. The van der Waals surface area contributed by atoms with Crippen LogP contribution in [0, 0.1) is 0 Å². The lowest BCUT2D eigenvalue weighted by Gasteiger charge is -2.11. The van der Waals surface area contributed by atoms with E-state index < -0.39 is 0 Å². The topological polar surface area (TPSA) is 63.2 Å². The number of benzene rings is 1. The van der Waals surface area contributed by atoms with Crippen LogP contribution in [0.1, 0.15) is 29.3 Å². The molecule has 0 bridgehead atoms.